The van der Waals surface area contributed by atoms with Gasteiger partial charge in [0.15, 0.2) is 4.34 Å². The van der Waals surface area contributed by atoms with Crippen molar-refractivity contribution in [2.24, 2.45) is 0 Å². The van der Waals surface area contributed by atoms with Gasteiger partial charge >= 0.3 is 0 Å². The zero-order chi connectivity index (χ0) is 24.4. The first-order chi connectivity index (χ1) is 17.1. The maximum atomic E-state index is 9.65. The molecule has 0 spiro atoms. The molecule has 0 aliphatic heterocycles. The summed E-state index contributed by atoms with van der Waals surface area (Å²) in [6.07, 6.45) is 1.53. The monoisotopic (exact) mass is 515 g/mol. The van der Waals surface area contributed by atoms with Crippen LogP contribution in [0.2, 0.25) is 5.02 Å². The first-order valence-corrected chi connectivity index (χ1v) is 12.5. The zero-order valence-electron chi connectivity index (χ0n) is 18.4. The number of nitriles is 1. The van der Waals surface area contributed by atoms with Gasteiger partial charge in [0.05, 0.1) is 40.3 Å². The van der Waals surface area contributed by atoms with Crippen molar-refractivity contribution in [2.45, 2.75) is 9.24 Å². The third-order valence-corrected chi connectivity index (χ3v) is 7.73. The third kappa shape index (κ3) is 4.75. The Morgan fingerprint density at radius 2 is 1.97 bits per heavy atom. The molecule has 5 rings (SSSR count). The summed E-state index contributed by atoms with van der Waals surface area (Å²) in [6, 6.07) is 21.4. The van der Waals surface area contributed by atoms with Gasteiger partial charge in [-0.05, 0) is 24.3 Å². The van der Waals surface area contributed by atoms with Crippen LogP contribution in [0.4, 0.5) is 17.1 Å². The van der Waals surface area contributed by atoms with Crippen molar-refractivity contribution in [2.75, 3.05) is 18.2 Å². The number of nitrogens with zero attached hydrogens (tertiary/aromatic N) is 3. The van der Waals surface area contributed by atoms with E-state index in [0.717, 1.165) is 26.2 Å². The third-order valence-electron chi connectivity index (χ3n) is 5.29. The smallest absolute Gasteiger partial charge is 0.155 e. The molecule has 0 amide bonds. The van der Waals surface area contributed by atoms with Crippen LogP contribution < -0.4 is 15.8 Å². The van der Waals surface area contributed by atoms with Gasteiger partial charge in [-0.3, -0.25) is 4.98 Å². The fourth-order valence-corrected chi connectivity index (χ4v) is 5.66. The molecule has 0 fully saturated rings. The zero-order valence-corrected chi connectivity index (χ0v) is 20.8. The largest absolute Gasteiger partial charge is 0.495 e. The summed E-state index contributed by atoms with van der Waals surface area (Å²) in [5.74, 6) is 0.530. The minimum atomic E-state index is 0.396. The number of ether oxygens (including phenoxy) is 1. The predicted molar refractivity (Wildman–Crippen MR) is 144 cm³/mol. The Labute approximate surface area is 215 Å². The Balaban J connectivity index is 1.42. The highest BCUT2D eigenvalue weighted by Gasteiger charge is 2.14. The Morgan fingerprint density at radius 1 is 1.14 bits per heavy atom. The lowest BCUT2D eigenvalue weighted by molar-refractivity contribution is 0.417. The highest BCUT2D eigenvalue weighted by molar-refractivity contribution is 8.01. The fourth-order valence-electron chi connectivity index (χ4n) is 3.58. The number of rotatable bonds is 6. The summed E-state index contributed by atoms with van der Waals surface area (Å²) in [6.45, 7) is 0. The van der Waals surface area contributed by atoms with Gasteiger partial charge in [-0.2, -0.15) is 5.26 Å². The predicted octanol–water partition coefficient (Wildman–Crippen LogP) is 7.37. The molecule has 3 aromatic carbocycles. The van der Waals surface area contributed by atoms with E-state index < -0.39 is 0 Å². The second-order valence-electron chi connectivity index (χ2n) is 7.51. The lowest BCUT2D eigenvalue weighted by Gasteiger charge is -2.14. The number of halogens is 1. The molecule has 0 aliphatic rings. The SMILES string of the molecule is COc1cc2ncc(C#N)c(Nc3ccc(Sc4nc(-c5ccccc5)cs4)c(Cl)c3)c2cc1N. The second kappa shape index (κ2) is 9.84. The fraction of sp³-hybridized carbons (Fsp3) is 0.0385. The summed E-state index contributed by atoms with van der Waals surface area (Å²) in [7, 11) is 1.55. The maximum Gasteiger partial charge on any atom is 0.155 e. The maximum absolute atomic E-state index is 9.65. The van der Waals surface area contributed by atoms with Gasteiger partial charge in [0.2, 0.25) is 0 Å². The Kier molecular flexibility index (Phi) is 6.47. The summed E-state index contributed by atoms with van der Waals surface area (Å²) in [5, 5.41) is 16.3. The van der Waals surface area contributed by atoms with Crippen LogP contribution in [0.1, 0.15) is 5.56 Å². The molecule has 0 saturated carbocycles. The van der Waals surface area contributed by atoms with E-state index in [0.29, 0.717) is 38.6 Å². The molecule has 172 valence electrons. The van der Waals surface area contributed by atoms with E-state index in [-0.39, 0.29) is 0 Å². The highest BCUT2D eigenvalue weighted by Crippen LogP contribution is 2.39. The molecule has 3 N–H and O–H groups in total. The number of methoxy groups -OCH3 is 1. The molecule has 0 aliphatic carbocycles. The van der Waals surface area contributed by atoms with Gasteiger partial charge in [0.25, 0.3) is 0 Å². The quantitative estimate of drug-likeness (QED) is 0.228. The molecule has 0 bridgehead atoms. The average molecular weight is 516 g/mol. The number of thiazole rings is 1. The second-order valence-corrected chi connectivity index (χ2v) is 10.1. The molecule has 2 heterocycles. The van der Waals surface area contributed by atoms with Crippen molar-refractivity contribution >= 4 is 62.7 Å². The number of nitrogen functional groups attached to an aromatic ring is 1. The molecule has 0 unspecified atom stereocenters. The number of aromatic nitrogens is 2. The van der Waals surface area contributed by atoms with E-state index >= 15 is 0 Å². The van der Waals surface area contributed by atoms with Crippen LogP contribution in [0.3, 0.4) is 0 Å². The van der Waals surface area contributed by atoms with Gasteiger partial charge in [0.1, 0.15) is 11.8 Å². The number of anilines is 3. The van der Waals surface area contributed by atoms with Crippen molar-refractivity contribution in [3.63, 3.8) is 0 Å². The molecule has 6 nitrogen and oxygen atoms in total. The Morgan fingerprint density at radius 3 is 2.71 bits per heavy atom. The number of hydrogen-bond acceptors (Lipinski definition) is 8. The summed E-state index contributed by atoms with van der Waals surface area (Å²) < 4.78 is 6.20. The molecule has 35 heavy (non-hydrogen) atoms. The molecule has 9 heteroatoms. The Hall–Kier alpha value is -3.77. The summed E-state index contributed by atoms with van der Waals surface area (Å²) in [5.41, 5.74) is 11.0. The van der Waals surface area contributed by atoms with E-state index in [4.69, 9.17) is 27.1 Å². The minimum Gasteiger partial charge on any atom is -0.495 e. The topological polar surface area (TPSA) is 96.8 Å². The van der Waals surface area contributed by atoms with Crippen LogP contribution in [0.25, 0.3) is 22.2 Å². The number of hydrogen-bond donors (Lipinski definition) is 2. The van der Waals surface area contributed by atoms with Crippen molar-refractivity contribution < 1.29 is 4.74 Å². The normalized spacial score (nSPS) is 10.8. The van der Waals surface area contributed by atoms with Crippen molar-refractivity contribution in [3.05, 3.63) is 82.8 Å². The highest BCUT2D eigenvalue weighted by atomic mass is 35.5. The first-order valence-electron chi connectivity index (χ1n) is 10.5. The van der Waals surface area contributed by atoms with E-state index in [2.05, 4.69) is 16.4 Å². The van der Waals surface area contributed by atoms with Crippen molar-refractivity contribution in [1.29, 1.82) is 5.26 Å². The van der Waals surface area contributed by atoms with Crippen LogP contribution in [0.15, 0.2) is 81.5 Å². The van der Waals surface area contributed by atoms with Gasteiger partial charge < -0.3 is 15.8 Å². The van der Waals surface area contributed by atoms with E-state index in [1.165, 1.54) is 18.0 Å². The number of benzene rings is 3. The minimum absolute atomic E-state index is 0.396. The summed E-state index contributed by atoms with van der Waals surface area (Å²) in [4.78, 5) is 9.99. The molecule has 0 saturated heterocycles. The van der Waals surface area contributed by atoms with Crippen LogP contribution in [-0.4, -0.2) is 17.1 Å². The molecule has 2 aromatic heterocycles. The van der Waals surface area contributed by atoms with E-state index in [9.17, 15) is 5.26 Å². The molecular weight excluding hydrogens is 498 g/mol. The van der Waals surface area contributed by atoms with Gasteiger partial charge in [0, 0.05) is 39.2 Å². The van der Waals surface area contributed by atoms with Gasteiger partial charge in [-0.1, -0.05) is 53.7 Å². The van der Waals surface area contributed by atoms with Crippen molar-refractivity contribution in [3.8, 4) is 23.1 Å². The van der Waals surface area contributed by atoms with Crippen LogP contribution in [0, 0.1) is 11.3 Å². The van der Waals surface area contributed by atoms with Gasteiger partial charge in [-0.15, -0.1) is 11.3 Å². The average Bonchev–Trinajstić information content (AvgIpc) is 3.35. The Bertz CT molecular complexity index is 1580. The lowest BCUT2D eigenvalue weighted by atomic mass is 10.1. The molecular formula is C26H18ClN5OS2. The van der Waals surface area contributed by atoms with Crippen LogP contribution in [0.5, 0.6) is 5.75 Å². The number of nitrogens with two attached hydrogens (primary N) is 1. The standard InChI is InChI=1S/C26H18ClN5OS2/c1-33-23-11-21-18(10-20(23)29)25(16(12-28)13-30-21)31-17-7-8-24(19(27)9-17)35-26-32-22(14-34-26)15-5-3-2-4-6-15/h2-11,13-14H,29H2,1H3,(H,30,31). The number of fused-ring (bicyclic) bond motifs is 1. The van der Waals surface area contributed by atoms with E-state index in [1.54, 1.807) is 30.6 Å². The van der Waals surface area contributed by atoms with Crippen molar-refractivity contribution in [1.82, 2.24) is 9.97 Å². The van der Waals surface area contributed by atoms with Crippen LogP contribution in [-0.2, 0) is 0 Å². The van der Waals surface area contributed by atoms with Gasteiger partial charge in [-0.25, -0.2) is 4.98 Å². The molecule has 5 aromatic rings. The number of pyridine rings is 1. The van der Waals surface area contributed by atoms with E-state index in [1.807, 2.05) is 53.9 Å². The lowest BCUT2D eigenvalue weighted by Crippen LogP contribution is -1.99. The molecule has 0 radical (unpaired) electrons. The van der Waals surface area contributed by atoms with Crippen LogP contribution >= 0.6 is 34.7 Å². The first kappa shape index (κ1) is 23.0. The molecule has 0 atom stereocenters. The summed E-state index contributed by atoms with van der Waals surface area (Å²) >= 11 is 9.72. The number of nitrogens with one attached hydrogen (secondary N) is 1.